The molecule has 3 aromatic rings. The van der Waals surface area contributed by atoms with Crippen LogP contribution in [0.1, 0.15) is 16.8 Å². The van der Waals surface area contributed by atoms with Crippen LogP contribution in [-0.4, -0.2) is 4.98 Å². The van der Waals surface area contributed by atoms with Crippen molar-refractivity contribution in [1.82, 2.24) is 4.98 Å². The van der Waals surface area contributed by atoms with Gasteiger partial charge in [0.1, 0.15) is 0 Å². The second-order valence-electron chi connectivity index (χ2n) is 4.56. The monoisotopic (exact) mass is 233 g/mol. The van der Waals surface area contributed by atoms with E-state index in [1.54, 1.807) is 0 Å². The number of aromatic amines is 1. The molecule has 0 amide bonds. The average molecular weight is 233 g/mol. The van der Waals surface area contributed by atoms with E-state index in [2.05, 4.69) is 67.0 Å². The van der Waals surface area contributed by atoms with Gasteiger partial charge >= 0.3 is 0 Å². The number of aryl methyl sites for hydroxylation is 1. The number of fused-ring (bicyclic) bond motifs is 1. The van der Waals surface area contributed by atoms with Crippen LogP contribution in [0.2, 0.25) is 0 Å². The first kappa shape index (κ1) is 10.8. The number of hydrogen-bond donors (Lipinski definition) is 1. The Kier molecular flexibility index (Phi) is 2.52. The molecule has 0 radical (unpaired) electrons. The van der Waals surface area contributed by atoms with Crippen molar-refractivity contribution in [2.45, 2.75) is 6.92 Å². The number of aromatic nitrogens is 1. The first-order valence-corrected chi connectivity index (χ1v) is 6.09. The van der Waals surface area contributed by atoms with Gasteiger partial charge in [0.15, 0.2) is 0 Å². The summed E-state index contributed by atoms with van der Waals surface area (Å²) in [4.78, 5) is 3.42. The van der Waals surface area contributed by atoms with Gasteiger partial charge in [0.25, 0.3) is 0 Å². The molecule has 88 valence electrons. The third-order valence-electron chi connectivity index (χ3n) is 3.33. The zero-order valence-electron chi connectivity index (χ0n) is 10.4. The minimum atomic E-state index is 1.05. The maximum atomic E-state index is 4.22. The van der Waals surface area contributed by atoms with Gasteiger partial charge in [0.2, 0.25) is 0 Å². The van der Waals surface area contributed by atoms with Gasteiger partial charge in [0, 0.05) is 16.6 Å². The van der Waals surface area contributed by atoms with Gasteiger partial charge < -0.3 is 4.98 Å². The zero-order valence-corrected chi connectivity index (χ0v) is 10.4. The van der Waals surface area contributed by atoms with Gasteiger partial charge in [-0.2, -0.15) is 0 Å². The molecule has 0 saturated carbocycles. The Bertz CT molecular complexity index is 686. The first-order chi connectivity index (χ1) is 8.75. The normalized spacial score (nSPS) is 10.7. The van der Waals surface area contributed by atoms with E-state index in [4.69, 9.17) is 0 Å². The van der Waals surface area contributed by atoms with Crippen molar-refractivity contribution in [2.75, 3.05) is 0 Å². The highest BCUT2D eigenvalue weighted by Gasteiger charge is 2.07. The summed E-state index contributed by atoms with van der Waals surface area (Å²) in [5.41, 5.74) is 5.74. The van der Waals surface area contributed by atoms with Crippen LogP contribution in [0.25, 0.3) is 16.5 Å². The summed E-state index contributed by atoms with van der Waals surface area (Å²) >= 11 is 0. The van der Waals surface area contributed by atoms with Gasteiger partial charge in [-0.1, -0.05) is 49.0 Å². The molecule has 0 bridgehead atoms. The fourth-order valence-corrected chi connectivity index (χ4v) is 2.29. The van der Waals surface area contributed by atoms with Crippen molar-refractivity contribution in [3.05, 3.63) is 78.0 Å². The van der Waals surface area contributed by atoms with Crippen LogP contribution in [0, 0.1) is 6.92 Å². The van der Waals surface area contributed by atoms with Crippen LogP contribution in [0.15, 0.2) is 61.2 Å². The van der Waals surface area contributed by atoms with Gasteiger partial charge in [-0.05, 0) is 35.8 Å². The van der Waals surface area contributed by atoms with E-state index in [-0.39, 0.29) is 0 Å². The fraction of sp³-hybridized carbons (Fsp3) is 0.0588. The molecule has 0 atom stereocenters. The third kappa shape index (κ3) is 1.74. The van der Waals surface area contributed by atoms with E-state index in [0.717, 1.165) is 16.8 Å². The lowest BCUT2D eigenvalue weighted by Gasteiger charge is -2.07. The zero-order chi connectivity index (χ0) is 12.5. The number of para-hydroxylation sites is 1. The first-order valence-electron chi connectivity index (χ1n) is 6.09. The van der Waals surface area contributed by atoms with Crippen molar-refractivity contribution in [3.63, 3.8) is 0 Å². The van der Waals surface area contributed by atoms with E-state index < -0.39 is 0 Å². The number of nitrogens with one attached hydrogen (secondary N) is 1. The summed E-state index contributed by atoms with van der Waals surface area (Å²) in [7, 11) is 0. The Morgan fingerprint density at radius 1 is 1.00 bits per heavy atom. The van der Waals surface area contributed by atoms with Crippen LogP contribution < -0.4 is 0 Å². The van der Waals surface area contributed by atoms with E-state index in [9.17, 15) is 0 Å². The van der Waals surface area contributed by atoms with Gasteiger partial charge in [-0.3, -0.25) is 0 Å². The van der Waals surface area contributed by atoms with E-state index in [1.807, 2.05) is 6.07 Å². The largest absolute Gasteiger partial charge is 0.355 e. The summed E-state index contributed by atoms with van der Waals surface area (Å²) in [6, 6.07) is 18.8. The number of rotatable bonds is 2. The Hall–Kier alpha value is -2.28. The number of H-pyrrole nitrogens is 1. The van der Waals surface area contributed by atoms with Crippen LogP contribution in [0.5, 0.6) is 0 Å². The van der Waals surface area contributed by atoms with Gasteiger partial charge in [-0.25, -0.2) is 0 Å². The molecule has 1 N–H and O–H groups in total. The molecule has 0 unspecified atom stereocenters. The Labute approximate surface area is 107 Å². The van der Waals surface area contributed by atoms with Crippen LogP contribution >= 0.6 is 0 Å². The minimum absolute atomic E-state index is 1.05. The second-order valence-corrected chi connectivity index (χ2v) is 4.56. The standard InChI is InChI=1S/C17H15N/c1-12-7-3-5-9-15(12)13(2)17-11-14-8-4-6-10-16(14)18-17/h3-11,18H,2H2,1H3. The van der Waals surface area contributed by atoms with E-state index in [1.165, 1.54) is 16.5 Å². The summed E-state index contributed by atoms with van der Waals surface area (Å²) in [6.45, 7) is 6.33. The highest BCUT2D eigenvalue weighted by molar-refractivity contribution is 5.88. The number of hydrogen-bond acceptors (Lipinski definition) is 0. The predicted molar refractivity (Wildman–Crippen MR) is 77.6 cm³/mol. The van der Waals surface area contributed by atoms with E-state index in [0.29, 0.717) is 0 Å². The summed E-state index contributed by atoms with van der Waals surface area (Å²) in [5, 5.41) is 1.22. The molecular weight excluding hydrogens is 218 g/mol. The van der Waals surface area contributed by atoms with Gasteiger partial charge in [0.05, 0.1) is 0 Å². The second kappa shape index (κ2) is 4.19. The van der Waals surface area contributed by atoms with Crippen LogP contribution in [-0.2, 0) is 0 Å². The molecule has 18 heavy (non-hydrogen) atoms. The average Bonchev–Trinajstić information content (AvgIpc) is 2.82. The number of benzene rings is 2. The molecule has 0 spiro atoms. The van der Waals surface area contributed by atoms with Gasteiger partial charge in [-0.15, -0.1) is 0 Å². The highest BCUT2D eigenvalue weighted by atomic mass is 14.7. The molecule has 1 heteroatoms. The van der Waals surface area contributed by atoms with Crippen LogP contribution in [0.3, 0.4) is 0 Å². The summed E-state index contributed by atoms with van der Waals surface area (Å²) in [5.74, 6) is 0. The topological polar surface area (TPSA) is 15.8 Å². The minimum Gasteiger partial charge on any atom is -0.355 e. The molecule has 0 aliphatic heterocycles. The molecular formula is C17H15N. The molecule has 1 aromatic heterocycles. The van der Waals surface area contributed by atoms with Crippen LogP contribution in [0.4, 0.5) is 0 Å². The lowest BCUT2D eigenvalue weighted by molar-refractivity contribution is 1.36. The fourth-order valence-electron chi connectivity index (χ4n) is 2.29. The molecule has 0 aliphatic carbocycles. The molecule has 0 saturated heterocycles. The van der Waals surface area contributed by atoms with Crippen molar-refractivity contribution in [1.29, 1.82) is 0 Å². The summed E-state index contributed by atoms with van der Waals surface area (Å²) in [6.07, 6.45) is 0. The van der Waals surface area contributed by atoms with Crippen molar-refractivity contribution in [2.24, 2.45) is 0 Å². The molecule has 1 nitrogen and oxygen atoms in total. The molecule has 0 aliphatic rings. The maximum Gasteiger partial charge on any atom is 0.0464 e. The lowest BCUT2D eigenvalue weighted by Crippen LogP contribution is -1.89. The maximum absolute atomic E-state index is 4.22. The quantitative estimate of drug-likeness (QED) is 0.669. The Balaban J connectivity index is 2.10. The molecule has 2 aromatic carbocycles. The highest BCUT2D eigenvalue weighted by Crippen LogP contribution is 2.26. The molecule has 0 fully saturated rings. The Morgan fingerprint density at radius 3 is 2.50 bits per heavy atom. The predicted octanol–water partition coefficient (Wildman–Crippen LogP) is 4.54. The lowest BCUT2D eigenvalue weighted by atomic mass is 10.00. The van der Waals surface area contributed by atoms with Crippen molar-refractivity contribution >= 4 is 16.5 Å². The van der Waals surface area contributed by atoms with E-state index >= 15 is 0 Å². The smallest absolute Gasteiger partial charge is 0.0464 e. The third-order valence-corrected chi connectivity index (χ3v) is 3.33. The molecule has 1 heterocycles. The SMILES string of the molecule is C=C(c1cc2ccccc2[nH]1)c1ccccc1C. The van der Waals surface area contributed by atoms with Crippen molar-refractivity contribution < 1.29 is 0 Å². The van der Waals surface area contributed by atoms with Crippen molar-refractivity contribution in [3.8, 4) is 0 Å². The molecule has 3 rings (SSSR count). The Morgan fingerprint density at radius 2 is 1.72 bits per heavy atom. The summed E-state index contributed by atoms with van der Waals surface area (Å²) < 4.78 is 0.